The summed E-state index contributed by atoms with van der Waals surface area (Å²) in [5.41, 5.74) is 8.11. The molecule has 1 amide bonds. The van der Waals surface area contributed by atoms with Gasteiger partial charge in [-0.2, -0.15) is 0 Å². The van der Waals surface area contributed by atoms with Gasteiger partial charge in [-0.25, -0.2) is 4.39 Å². The van der Waals surface area contributed by atoms with Crippen LogP contribution in [0.2, 0.25) is 0 Å². The van der Waals surface area contributed by atoms with Crippen LogP contribution in [0.3, 0.4) is 0 Å². The third-order valence-corrected chi connectivity index (χ3v) is 3.15. The number of pyridine rings is 1. The predicted molar refractivity (Wildman–Crippen MR) is 75.7 cm³/mol. The highest BCUT2D eigenvalue weighted by Gasteiger charge is 2.04. The Morgan fingerprint density at radius 2 is 1.75 bits per heavy atom. The van der Waals surface area contributed by atoms with Gasteiger partial charge in [0.2, 0.25) is 5.91 Å². The molecule has 0 unspecified atom stereocenters. The summed E-state index contributed by atoms with van der Waals surface area (Å²) in [6, 6.07) is 13.4. The number of nitrogens with zero attached hydrogens (tertiary/aromatic N) is 1. The molecule has 98 valence electrons. The summed E-state index contributed by atoms with van der Waals surface area (Å²) >= 11 is 0. The number of primary amides is 1. The molecule has 0 spiro atoms. The van der Waals surface area contributed by atoms with E-state index in [2.05, 4.69) is 4.98 Å². The summed E-state index contributed by atoms with van der Waals surface area (Å²) in [5.74, 6) is -0.757. The van der Waals surface area contributed by atoms with Crippen LogP contribution in [-0.4, -0.2) is 10.9 Å². The number of aromatic nitrogens is 1. The zero-order chi connectivity index (χ0) is 14.1. The normalized spacial score (nSPS) is 10.7. The van der Waals surface area contributed by atoms with E-state index < -0.39 is 5.91 Å². The molecule has 20 heavy (non-hydrogen) atoms. The summed E-state index contributed by atoms with van der Waals surface area (Å²) in [7, 11) is 0. The van der Waals surface area contributed by atoms with Gasteiger partial charge in [-0.3, -0.25) is 9.78 Å². The van der Waals surface area contributed by atoms with Gasteiger partial charge >= 0.3 is 0 Å². The number of hydrogen-bond acceptors (Lipinski definition) is 2. The van der Waals surface area contributed by atoms with E-state index in [0.717, 1.165) is 16.5 Å². The zero-order valence-corrected chi connectivity index (χ0v) is 10.5. The van der Waals surface area contributed by atoms with Gasteiger partial charge < -0.3 is 5.73 Å². The Hall–Kier alpha value is -2.75. The fourth-order valence-corrected chi connectivity index (χ4v) is 2.08. The molecular weight excluding hydrogens is 255 g/mol. The van der Waals surface area contributed by atoms with Gasteiger partial charge in [-0.1, -0.05) is 12.1 Å². The van der Waals surface area contributed by atoms with E-state index in [1.807, 2.05) is 18.2 Å². The maximum Gasteiger partial charge on any atom is 0.248 e. The van der Waals surface area contributed by atoms with Gasteiger partial charge in [0.25, 0.3) is 0 Å². The maximum absolute atomic E-state index is 13.1. The van der Waals surface area contributed by atoms with Crippen molar-refractivity contribution in [3.05, 3.63) is 66.1 Å². The molecule has 2 aromatic carbocycles. The fraction of sp³-hybridized carbons (Fsp3) is 0. The van der Waals surface area contributed by atoms with Crippen molar-refractivity contribution in [2.45, 2.75) is 0 Å². The second-order valence-corrected chi connectivity index (χ2v) is 4.50. The number of hydrogen-bond donors (Lipinski definition) is 1. The summed E-state index contributed by atoms with van der Waals surface area (Å²) < 4.78 is 13.1. The standard InChI is InChI=1S/C16H11FN2O/c17-14-6-5-12-7-13(9-19-15(12)8-14)10-1-3-11(4-2-10)16(18)20/h1-9H,(H2,18,20). The molecule has 0 fully saturated rings. The minimum atomic E-state index is -0.455. The number of rotatable bonds is 2. The number of nitrogens with two attached hydrogens (primary N) is 1. The van der Waals surface area contributed by atoms with Crippen molar-refractivity contribution in [3.8, 4) is 11.1 Å². The lowest BCUT2D eigenvalue weighted by Gasteiger charge is -2.04. The van der Waals surface area contributed by atoms with Crippen LogP contribution in [-0.2, 0) is 0 Å². The molecule has 1 heterocycles. The van der Waals surface area contributed by atoms with Crippen molar-refractivity contribution < 1.29 is 9.18 Å². The van der Waals surface area contributed by atoms with Gasteiger partial charge in [0.05, 0.1) is 5.52 Å². The molecule has 0 aliphatic rings. The molecule has 1 aromatic heterocycles. The average molecular weight is 266 g/mol. The van der Waals surface area contributed by atoms with Crippen LogP contribution < -0.4 is 5.73 Å². The monoisotopic (exact) mass is 266 g/mol. The van der Waals surface area contributed by atoms with E-state index in [1.54, 1.807) is 24.4 Å². The van der Waals surface area contributed by atoms with Crippen LogP contribution in [0.5, 0.6) is 0 Å². The first kappa shape index (κ1) is 12.3. The molecule has 0 saturated carbocycles. The third-order valence-electron chi connectivity index (χ3n) is 3.15. The fourth-order valence-electron chi connectivity index (χ4n) is 2.08. The molecule has 0 bridgehead atoms. The SMILES string of the molecule is NC(=O)c1ccc(-c2cnc3cc(F)ccc3c2)cc1. The molecule has 0 aliphatic carbocycles. The lowest BCUT2D eigenvalue weighted by Crippen LogP contribution is -2.10. The van der Waals surface area contributed by atoms with E-state index in [4.69, 9.17) is 5.73 Å². The Bertz CT molecular complexity index is 797. The maximum atomic E-state index is 13.1. The van der Waals surface area contributed by atoms with Crippen LogP contribution in [0.1, 0.15) is 10.4 Å². The molecule has 3 nitrogen and oxygen atoms in total. The lowest BCUT2D eigenvalue weighted by molar-refractivity contribution is 0.100. The number of carbonyl (C=O) groups excluding carboxylic acids is 1. The van der Waals surface area contributed by atoms with Crippen molar-refractivity contribution in [2.75, 3.05) is 0 Å². The second-order valence-electron chi connectivity index (χ2n) is 4.50. The number of halogens is 1. The van der Waals surface area contributed by atoms with E-state index in [1.165, 1.54) is 12.1 Å². The Labute approximate surface area is 114 Å². The van der Waals surface area contributed by atoms with Crippen molar-refractivity contribution in [3.63, 3.8) is 0 Å². The van der Waals surface area contributed by atoms with Crippen LogP contribution >= 0.6 is 0 Å². The summed E-state index contributed by atoms with van der Waals surface area (Å²) in [6.07, 6.45) is 1.68. The molecule has 0 radical (unpaired) electrons. The molecular formula is C16H11FN2O. The van der Waals surface area contributed by atoms with Crippen LogP contribution in [0.15, 0.2) is 54.7 Å². The number of fused-ring (bicyclic) bond motifs is 1. The minimum Gasteiger partial charge on any atom is -0.366 e. The average Bonchev–Trinajstić information content (AvgIpc) is 2.47. The van der Waals surface area contributed by atoms with Gasteiger partial charge in [-0.15, -0.1) is 0 Å². The van der Waals surface area contributed by atoms with Gasteiger partial charge in [0.1, 0.15) is 5.82 Å². The molecule has 3 aromatic rings. The second kappa shape index (κ2) is 4.74. The smallest absolute Gasteiger partial charge is 0.248 e. The number of carbonyl (C=O) groups is 1. The highest BCUT2D eigenvalue weighted by atomic mass is 19.1. The van der Waals surface area contributed by atoms with Crippen molar-refractivity contribution in [1.29, 1.82) is 0 Å². The summed E-state index contributed by atoms with van der Waals surface area (Å²) in [4.78, 5) is 15.3. The molecule has 0 aliphatic heterocycles. The molecule has 0 saturated heterocycles. The molecule has 3 rings (SSSR count). The van der Waals surface area contributed by atoms with E-state index in [0.29, 0.717) is 11.1 Å². The third kappa shape index (κ3) is 2.23. The highest BCUT2D eigenvalue weighted by molar-refractivity contribution is 5.93. The van der Waals surface area contributed by atoms with Crippen LogP contribution in [0.25, 0.3) is 22.0 Å². The Balaban J connectivity index is 2.05. The molecule has 2 N–H and O–H groups in total. The van der Waals surface area contributed by atoms with Gasteiger partial charge in [0, 0.05) is 28.8 Å². The predicted octanol–water partition coefficient (Wildman–Crippen LogP) is 3.14. The molecule has 0 atom stereocenters. The van der Waals surface area contributed by atoms with Crippen molar-refractivity contribution in [2.24, 2.45) is 5.73 Å². The lowest BCUT2D eigenvalue weighted by atomic mass is 10.0. The zero-order valence-electron chi connectivity index (χ0n) is 10.5. The van der Waals surface area contributed by atoms with Crippen LogP contribution in [0, 0.1) is 5.82 Å². The topological polar surface area (TPSA) is 56.0 Å². The van der Waals surface area contributed by atoms with Gasteiger partial charge in [0.15, 0.2) is 0 Å². The van der Waals surface area contributed by atoms with Crippen molar-refractivity contribution in [1.82, 2.24) is 4.98 Å². The van der Waals surface area contributed by atoms with E-state index in [9.17, 15) is 9.18 Å². The minimum absolute atomic E-state index is 0.302. The summed E-state index contributed by atoms with van der Waals surface area (Å²) in [5, 5.41) is 0.864. The number of amides is 1. The quantitative estimate of drug-likeness (QED) is 0.774. The number of benzene rings is 2. The Kier molecular flexibility index (Phi) is 2.91. The molecule has 4 heteroatoms. The highest BCUT2D eigenvalue weighted by Crippen LogP contribution is 2.23. The first-order chi connectivity index (χ1) is 9.63. The van der Waals surface area contributed by atoms with Gasteiger partial charge in [-0.05, 0) is 35.9 Å². The van der Waals surface area contributed by atoms with Crippen molar-refractivity contribution >= 4 is 16.8 Å². The van der Waals surface area contributed by atoms with E-state index >= 15 is 0 Å². The Morgan fingerprint density at radius 3 is 2.45 bits per heavy atom. The first-order valence-corrected chi connectivity index (χ1v) is 6.09. The Morgan fingerprint density at radius 1 is 1.00 bits per heavy atom. The largest absolute Gasteiger partial charge is 0.366 e. The van der Waals surface area contributed by atoms with Crippen LogP contribution in [0.4, 0.5) is 4.39 Å². The first-order valence-electron chi connectivity index (χ1n) is 6.09. The van der Waals surface area contributed by atoms with E-state index in [-0.39, 0.29) is 5.82 Å². The summed E-state index contributed by atoms with van der Waals surface area (Å²) in [6.45, 7) is 0.